The third-order valence-electron chi connectivity index (χ3n) is 4.72. The average molecular weight is 405 g/mol. The van der Waals surface area contributed by atoms with Crippen molar-refractivity contribution in [2.24, 2.45) is 0 Å². The lowest BCUT2D eigenvalue weighted by molar-refractivity contribution is -0.118. The molecule has 3 aromatic rings. The normalized spacial score (nSPS) is 10.5. The number of methoxy groups -OCH3 is 1. The van der Waals surface area contributed by atoms with Crippen LogP contribution in [-0.2, 0) is 16.0 Å². The molecule has 1 amide bonds. The van der Waals surface area contributed by atoms with Gasteiger partial charge in [-0.3, -0.25) is 9.59 Å². The number of Topliss-reactive ketones (excluding diaryl/α,β-unsaturated/α-hetero) is 1. The van der Waals surface area contributed by atoms with Crippen molar-refractivity contribution in [3.8, 4) is 5.75 Å². The highest BCUT2D eigenvalue weighted by Crippen LogP contribution is 2.28. The number of hydrogen-bond acceptors (Lipinski definition) is 5. The molecule has 6 nitrogen and oxygen atoms in total. The molecule has 1 N–H and O–H groups in total. The van der Waals surface area contributed by atoms with Crippen LogP contribution in [0, 0.1) is 0 Å². The van der Waals surface area contributed by atoms with E-state index in [0.29, 0.717) is 35.2 Å². The van der Waals surface area contributed by atoms with E-state index < -0.39 is 5.97 Å². The summed E-state index contributed by atoms with van der Waals surface area (Å²) in [7, 11) is 1.57. The lowest BCUT2D eigenvalue weighted by Gasteiger charge is -2.10. The fourth-order valence-corrected chi connectivity index (χ4v) is 3.16. The molecule has 0 aliphatic rings. The first kappa shape index (κ1) is 21.0. The summed E-state index contributed by atoms with van der Waals surface area (Å²) in [4.78, 5) is 35.9. The van der Waals surface area contributed by atoms with Gasteiger partial charge in [0.25, 0.3) is 0 Å². The standard InChI is InChI=1S/C24H23NO5/c1-16(26)25-14-13-17-7-9-18(10-8-17)22(27)15-30-24(28)21-11-12-23(29-2)20-6-4-3-5-19(20)21/h3-12H,13-15H2,1-2H3,(H,25,26). The van der Waals surface area contributed by atoms with Crippen LogP contribution in [0.3, 0.4) is 0 Å². The number of rotatable bonds is 8. The summed E-state index contributed by atoms with van der Waals surface area (Å²) in [6, 6.07) is 17.8. The molecule has 3 aromatic carbocycles. The molecule has 0 radical (unpaired) electrons. The third kappa shape index (κ3) is 5.03. The Hall–Kier alpha value is -3.67. The zero-order valence-corrected chi connectivity index (χ0v) is 16.9. The van der Waals surface area contributed by atoms with Crippen LogP contribution in [0.25, 0.3) is 10.8 Å². The van der Waals surface area contributed by atoms with E-state index in [9.17, 15) is 14.4 Å². The van der Waals surface area contributed by atoms with Gasteiger partial charge in [0.2, 0.25) is 5.91 Å². The van der Waals surface area contributed by atoms with E-state index in [1.807, 2.05) is 36.4 Å². The maximum Gasteiger partial charge on any atom is 0.339 e. The highest BCUT2D eigenvalue weighted by atomic mass is 16.5. The van der Waals surface area contributed by atoms with Crippen molar-refractivity contribution < 1.29 is 23.9 Å². The Bertz CT molecular complexity index is 1070. The molecule has 0 unspecified atom stereocenters. The van der Waals surface area contributed by atoms with Crippen LogP contribution in [-0.4, -0.2) is 37.9 Å². The van der Waals surface area contributed by atoms with Crippen molar-refractivity contribution in [3.63, 3.8) is 0 Å². The van der Waals surface area contributed by atoms with E-state index in [0.717, 1.165) is 10.9 Å². The molecule has 0 spiro atoms. The zero-order valence-electron chi connectivity index (χ0n) is 16.9. The third-order valence-corrected chi connectivity index (χ3v) is 4.72. The smallest absolute Gasteiger partial charge is 0.339 e. The average Bonchev–Trinajstić information content (AvgIpc) is 2.76. The number of amides is 1. The molecule has 0 atom stereocenters. The number of nitrogens with one attached hydrogen (secondary N) is 1. The second kappa shape index (κ2) is 9.69. The molecule has 0 heterocycles. The molecule has 30 heavy (non-hydrogen) atoms. The Kier molecular flexibility index (Phi) is 6.80. The minimum Gasteiger partial charge on any atom is -0.496 e. The van der Waals surface area contributed by atoms with Gasteiger partial charge in [-0.25, -0.2) is 4.79 Å². The molecule has 0 saturated carbocycles. The predicted octanol–water partition coefficient (Wildman–Crippen LogP) is 3.57. The Morgan fingerprint density at radius 3 is 2.27 bits per heavy atom. The molecule has 0 bridgehead atoms. The van der Waals surface area contributed by atoms with Crippen molar-refractivity contribution in [2.45, 2.75) is 13.3 Å². The monoisotopic (exact) mass is 405 g/mol. The minimum absolute atomic E-state index is 0.0757. The first-order valence-corrected chi connectivity index (χ1v) is 9.59. The largest absolute Gasteiger partial charge is 0.496 e. The molecule has 0 aliphatic heterocycles. The molecule has 0 fully saturated rings. The van der Waals surface area contributed by atoms with Crippen molar-refractivity contribution >= 4 is 28.4 Å². The van der Waals surface area contributed by atoms with Gasteiger partial charge < -0.3 is 14.8 Å². The van der Waals surface area contributed by atoms with E-state index in [-0.39, 0.29) is 18.3 Å². The van der Waals surface area contributed by atoms with Gasteiger partial charge in [-0.2, -0.15) is 0 Å². The molecule has 0 aromatic heterocycles. The molecule has 0 aliphatic carbocycles. The molecule has 0 saturated heterocycles. The van der Waals surface area contributed by atoms with E-state index in [4.69, 9.17) is 9.47 Å². The van der Waals surface area contributed by atoms with Gasteiger partial charge in [0.15, 0.2) is 12.4 Å². The second-order valence-corrected chi connectivity index (χ2v) is 6.79. The van der Waals surface area contributed by atoms with Gasteiger partial charge in [-0.05, 0) is 29.5 Å². The molecule has 154 valence electrons. The predicted molar refractivity (Wildman–Crippen MR) is 114 cm³/mol. The number of carbonyl (C=O) groups is 3. The summed E-state index contributed by atoms with van der Waals surface area (Å²) >= 11 is 0. The van der Waals surface area contributed by atoms with Crippen molar-refractivity contribution in [1.82, 2.24) is 5.32 Å². The van der Waals surface area contributed by atoms with Crippen LogP contribution in [0.2, 0.25) is 0 Å². The fourth-order valence-electron chi connectivity index (χ4n) is 3.16. The molecular formula is C24H23NO5. The van der Waals surface area contributed by atoms with E-state index in [1.165, 1.54) is 6.92 Å². The summed E-state index contributed by atoms with van der Waals surface area (Å²) in [5.74, 6) is -0.256. The number of ketones is 1. The number of esters is 1. The van der Waals surface area contributed by atoms with Gasteiger partial charge in [0, 0.05) is 24.4 Å². The number of hydrogen-bond donors (Lipinski definition) is 1. The van der Waals surface area contributed by atoms with Gasteiger partial charge in [0.1, 0.15) is 5.75 Å². The van der Waals surface area contributed by atoms with Crippen LogP contribution in [0.5, 0.6) is 5.75 Å². The SMILES string of the molecule is COc1ccc(C(=O)OCC(=O)c2ccc(CCNC(C)=O)cc2)c2ccccc12. The maximum atomic E-state index is 12.6. The van der Waals surface area contributed by atoms with Crippen molar-refractivity contribution in [1.29, 1.82) is 0 Å². The number of benzene rings is 3. The minimum atomic E-state index is -0.561. The Morgan fingerprint density at radius 2 is 1.60 bits per heavy atom. The van der Waals surface area contributed by atoms with E-state index >= 15 is 0 Å². The molecular weight excluding hydrogens is 382 g/mol. The second-order valence-electron chi connectivity index (χ2n) is 6.79. The number of carbonyl (C=O) groups excluding carboxylic acids is 3. The lowest BCUT2D eigenvalue weighted by atomic mass is 10.0. The summed E-state index contributed by atoms with van der Waals surface area (Å²) in [5.41, 5.74) is 1.85. The summed E-state index contributed by atoms with van der Waals surface area (Å²) in [6.07, 6.45) is 0.674. The van der Waals surface area contributed by atoms with Crippen LogP contribution in [0.4, 0.5) is 0 Å². The highest BCUT2D eigenvalue weighted by Gasteiger charge is 2.16. The van der Waals surface area contributed by atoms with Crippen LogP contribution < -0.4 is 10.1 Å². The first-order chi connectivity index (χ1) is 14.5. The van der Waals surface area contributed by atoms with Crippen LogP contribution in [0.1, 0.15) is 33.2 Å². The van der Waals surface area contributed by atoms with Gasteiger partial charge in [-0.15, -0.1) is 0 Å². The van der Waals surface area contributed by atoms with Gasteiger partial charge in [0.05, 0.1) is 12.7 Å². The fraction of sp³-hybridized carbons (Fsp3) is 0.208. The zero-order chi connectivity index (χ0) is 21.5. The number of fused-ring (bicyclic) bond motifs is 1. The Morgan fingerprint density at radius 1 is 0.900 bits per heavy atom. The van der Waals surface area contributed by atoms with E-state index in [1.54, 1.807) is 31.4 Å². The molecule has 6 heteroatoms. The summed E-state index contributed by atoms with van der Waals surface area (Å²) in [6.45, 7) is 1.66. The van der Waals surface area contributed by atoms with Gasteiger partial charge in [-0.1, -0.05) is 48.5 Å². The maximum absolute atomic E-state index is 12.6. The Labute approximate surface area is 174 Å². The first-order valence-electron chi connectivity index (χ1n) is 9.59. The lowest BCUT2D eigenvalue weighted by Crippen LogP contribution is -2.22. The van der Waals surface area contributed by atoms with Crippen LogP contribution in [0.15, 0.2) is 60.7 Å². The Balaban J connectivity index is 1.63. The summed E-state index contributed by atoms with van der Waals surface area (Å²) in [5, 5.41) is 4.24. The highest BCUT2D eigenvalue weighted by molar-refractivity contribution is 6.07. The summed E-state index contributed by atoms with van der Waals surface area (Å²) < 4.78 is 10.6. The number of ether oxygens (including phenoxy) is 2. The quantitative estimate of drug-likeness (QED) is 0.458. The molecule has 3 rings (SSSR count). The van der Waals surface area contributed by atoms with Gasteiger partial charge >= 0.3 is 5.97 Å². The topological polar surface area (TPSA) is 81.7 Å². The van der Waals surface area contributed by atoms with Crippen LogP contribution >= 0.6 is 0 Å². The van der Waals surface area contributed by atoms with Crippen molar-refractivity contribution in [3.05, 3.63) is 77.4 Å². The van der Waals surface area contributed by atoms with E-state index in [2.05, 4.69) is 5.32 Å². The van der Waals surface area contributed by atoms with Crippen molar-refractivity contribution in [2.75, 3.05) is 20.3 Å².